The van der Waals surface area contributed by atoms with Crippen LogP contribution in [0.1, 0.15) is 40.5 Å². The molecular formula is C11H21NO2. The van der Waals surface area contributed by atoms with E-state index in [0.29, 0.717) is 0 Å². The van der Waals surface area contributed by atoms with Crippen molar-refractivity contribution in [3.8, 4) is 0 Å². The lowest BCUT2D eigenvalue weighted by atomic mass is 9.96. The first-order valence-electron chi connectivity index (χ1n) is 5.36. The van der Waals surface area contributed by atoms with Crippen molar-refractivity contribution >= 4 is 5.97 Å². The van der Waals surface area contributed by atoms with Gasteiger partial charge in [0, 0.05) is 11.6 Å². The molecule has 0 aromatic rings. The number of carboxylic acids is 1. The van der Waals surface area contributed by atoms with Gasteiger partial charge >= 0.3 is 5.97 Å². The number of aliphatic carboxylic acids is 1. The molecule has 1 fully saturated rings. The second-order valence-electron chi connectivity index (χ2n) is 4.98. The molecule has 0 aliphatic carbocycles. The molecule has 0 saturated carbocycles. The van der Waals surface area contributed by atoms with Crippen LogP contribution in [0.2, 0.25) is 0 Å². The molecule has 0 spiro atoms. The van der Waals surface area contributed by atoms with Crippen LogP contribution < -0.4 is 0 Å². The van der Waals surface area contributed by atoms with Gasteiger partial charge in [-0.2, -0.15) is 0 Å². The maximum Gasteiger partial charge on any atom is 0.307 e. The minimum absolute atomic E-state index is 0.130. The van der Waals surface area contributed by atoms with E-state index in [-0.39, 0.29) is 17.5 Å². The van der Waals surface area contributed by atoms with Crippen molar-refractivity contribution in [3.05, 3.63) is 0 Å². The molecule has 82 valence electrons. The van der Waals surface area contributed by atoms with E-state index in [2.05, 4.69) is 18.7 Å². The van der Waals surface area contributed by atoms with Crippen LogP contribution in [0.4, 0.5) is 0 Å². The Morgan fingerprint density at radius 3 is 2.36 bits per heavy atom. The van der Waals surface area contributed by atoms with E-state index in [0.717, 1.165) is 6.54 Å². The Kier molecular flexibility index (Phi) is 3.20. The van der Waals surface area contributed by atoms with Crippen LogP contribution in [0, 0.1) is 5.92 Å². The second kappa shape index (κ2) is 3.89. The van der Waals surface area contributed by atoms with Crippen LogP contribution in [0.25, 0.3) is 0 Å². The highest BCUT2D eigenvalue weighted by Gasteiger charge is 2.38. The number of hydrogen-bond donors (Lipinski definition) is 1. The summed E-state index contributed by atoms with van der Waals surface area (Å²) in [5.74, 6) is -0.979. The molecule has 3 nitrogen and oxygen atoms in total. The molecule has 3 heteroatoms. The summed E-state index contributed by atoms with van der Waals surface area (Å²) < 4.78 is 0. The summed E-state index contributed by atoms with van der Waals surface area (Å²) in [6.45, 7) is 9.25. The number of carbonyl (C=O) groups is 1. The highest BCUT2D eigenvalue weighted by atomic mass is 16.4. The lowest BCUT2D eigenvalue weighted by Crippen LogP contribution is -2.48. The molecule has 2 unspecified atom stereocenters. The van der Waals surface area contributed by atoms with Crippen molar-refractivity contribution < 1.29 is 9.90 Å². The van der Waals surface area contributed by atoms with Crippen LogP contribution in [-0.2, 0) is 4.79 Å². The molecule has 1 aliphatic heterocycles. The van der Waals surface area contributed by atoms with E-state index in [9.17, 15) is 4.79 Å². The average Bonchev–Trinajstić information content (AvgIpc) is 2.42. The first-order chi connectivity index (χ1) is 6.36. The maximum atomic E-state index is 10.9. The first kappa shape index (κ1) is 11.5. The quantitative estimate of drug-likeness (QED) is 0.755. The SMILES string of the molecule is CC(C(=O)O)C(C)N1CCCC1(C)C. The van der Waals surface area contributed by atoms with E-state index in [4.69, 9.17) is 5.11 Å². The average molecular weight is 199 g/mol. The summed E-state index contributed by atoms with van der Waals surface area (Å²) in [4.78, 5) is 13.2. The fourth-order valence-electron chi connectivity index (χ4n) is 2.36. The zero-order chi connectivity index (χ0) is 10.9. The van der Waals surface area contributed by atoms with Crippen LogP contribution in [0.5, 0.6) is 0 Å². The van der Waals surface area contributed by atoms with Crippen molar-refractivity contribution in [2.24, 2.45) is 5.92 Å². The minimum atomic E-state index is -0.694. The fraction of sp³-hybridized carbons (Fsp3) is 0.909. The Bertz CT molecular complexity index is 225. The molecule has 1 N–H and O–H groups in total. The predicted molar refractivity (Wildman–Crippen MR) is 56.3 cm³/mol. The molecule has 0 aromatic carbocycles. The number of nitrogens with zero attached hydrogens (tertiary/aromatic N) is 1. The third kappa shape index (κ3) is 2.08. The molecule has 1 saturated heterocycles. The topological polar surface area (TPSA) is 40.5 Å². The number of likely N-dealkylation sites (tertiary alicyclic amines) is 1. The van der Waals surface area contributed by atoms with Gasteiger partial charge in [-0.05, 0) is 40.2 Å². The Morgan fingerprint density at radius 1 is 1.43 bits per heavy atom. The molecule has 0 aromatic heterocycles. The lowest BCUT2D eigenvalue weighted by Gasteiger charge is -2.38. The van der Waals surface area contributed by atoms with Crippen LogP contribution >= 0.6 is 0 Å². The van der Waals surface area contributed by atoms with Crippen molar-refractivity contribution in [1.29, 1.82) is 0 Å². The zero-order valence-corrected chi connectivity index (χ0v) is 9.58. The fourth-order valence-corrected chi connectivity index (χ4v) is 2.36. The molecule has 0 bridgehead atoms. The third-order valence-corrected chi connectivity index (χ3v) is 3.57. The Balaban J connectivity index is 2.69. The van der Waals surface area contributed by atoms with E-state index in [1.54, 1.807) is 6.92 Å². The highest BCUT2D eigenvalue weighted by molar-refractivity contribution is 5.70. The number of hydrogen-bond acceptors (Lipinski definition) is 2. The van der Waals surface area contributed by atoms with Gasteiger partial charge in [0.2, 0.25) is 0 Å². The van der Waals surface area contributed by atoms with Gasteiger partial charge in [-0.15, -0.1) is 0 Å². The largest absolute Gasteiger partial charge is 0.481 e. The smallest absolute Gasteiger partial charge is 0.307 e. The van der Waals surface area contributed by atoms with E-state index < -0.39 is 5.97 Å². The monoisotopic (exact) mass is 199 g/mol. The molecule has 0 radical (unpaired) electrons. The summed E-state index contributed by atoms with van der Waals surface area (Å²) in [5.41, 5.74) is 0.170. The summed E-state index contributed by atoms with van der Waals surface area (Å²) in [7, 11) is 0. The van der Waals surface area contributed by atoms with Crippen molar-refractivity contribution in [2.45, 2.75) is 52.1 Å². The van der Waals surface area contributed by atoms with Crippen LogP contribution in [0.15, 0.2) is 0 Å². The molecular weight excluding hydrogens is 178 g/mol. The normalized spacial score (nSPS) is 26.0. The van der Waals surface area contributed by atoms with Crippen molar-refractivity contribution in [3.63, 3.8) is 0 Å². The molecule has 1 aliphatic rings. The third-order valence-electron chi connectivity index (χ3n) is 3.57. The van der Waals surface area contributed by atoms with Gasteiger partial charge in [0.05, 0.1) is 5.92 Å². The summed E-state index contributed by atoms with van der Waals surface area (Å²) in [6.07, 6.45) is 2.35. The summed E-state index contributed by atoms with van der Waals surface area (Å²) >= 11 is 0. The minimum Gasteiger partial charge on any atom is -0.481 e. The zero-order valence-electron chi connectivity index (χ0n) is 9.58. The van der Waals surface area contributed by atoms with Crippen molar-refractivity contribution in [2.75, 3.05) is 6.54 Å². The molecule has 14 heavy (non-hydrogen) atoms. The lowest BCUT2D eigenvalue weighted by molar-refractivity contribution is -0.143. The van der Waals surface area contributed by atoms with Gasteiger partial charge < -0.3 is 5.11 Å². The Morgan fingerprint density at radius 2 is 2.00 bits per heavy atom. The van der Waals surface area contributed by atoms with Gasteiger partial charge in [-0.25, -0.2) is 0 Å². The van der Waals surface area contributed by atoms with Gasteiger partial charge in [-0.1, -0.05) is 6.92 Å². The molecule has 1 heterocycles. The summed E-state index contributed by atoms with van der Waals surface area (Å²) in [6, 6.07) is 0.130. The van der Waals surface area contributed by atoms with Crippen molar-refractivity contribution in [1.82, 2.24) is 4.90 Å². The van der Waals surface area contributed by atoms with E-state index >= 15 is 0 Å². The van der Waals surface area contributed by atoms with Gasteiger partial charge in [0.1, 0.15) is 0 Å². The van der Waals surface area contributed by atoms with Gasteiger partial charge in [0.15, 0.2) is 0 Å². The van der Waals surface area contributed by atoms with Gasteiger partial charge in [0.25, 0.3) is 0 Å². The van der Waals surface area contributed by atoms with E-state index in [1.165, 1.54) is 12.8 Å². The Hall–Kier alpha value is -0.570. The first-order valence-corrected chi connectivity index (χ1v) is 5.36. The predicted octanol–water partition coefficient (Wildman–Crippen LogP) is 1.97. The second-order valence-corrected chi connectivity index (χ2v) is 4.98. The number of rotatable bonds is 3. The van der Waals surface area contributed by atoms with E-state index in [1.807, 2.05) is 6.92 Å². The molecule has 2 atom stereocenters. The maximum absolute atomic E-state index is 10.9. The van der Waals surface area contributed by atoms with Crippen LogP contribution in [0.3, 0.4) is 0 Å². The molecule has 0 amide bonds. The number of carboxylic acid groups (broad SMARTS) is 1. The Labute approximate surface area is 86.1 Å². The standard InChI is InChI=1S/C11H21NO2/c1-8(10(13)14)9(2)12-7-5-6-11(12,3)4/h8-9H,5-7H2,1-4H3,(H,13,14). The highest BCUT2D eigenvalue weighted by Crippen LogP contribution is 2.32. The van der Waals surface area contributed by atoms with Gasteiger partial charge in [-0.3, -0.25) is 9.69 Å². The summed E-state index contributed by atoms with van der Waals surface area (Å²) in [5, 5.41) is 8.96. The molecule has 1 rings (SSSR count). The van der Waals surface area contributed by atoms with Crippen LogP contribution in [-0.4, -0.2) is 34.1 Å².